The Hall–Kier alpha value is -2.03. The normalized spacial score (nSPS) is 11.3. The summed E-state index contributed by atoms with van der Waals surface area (Å²) in [5, 5.41) is 14.2. The Morgan fingerprint density at radius 3 is 2.62 bits per heavy atom. The molecule has 0 saturated carbocycles. The molecular formula is C12H11ClN2O5S. The lowest BCUT2D eigenvalue weighted by Gasteiger charge is -2.17. The zero-order valence-electron chi connectivity index (χ0n) is 10.6. The first kappa shape index (κ1) is 15.4. The number of nitrogens with two attached hydrogens (primary N) is 1. The van der Waals surface area contributed by atoms with Gasteiger partial charge in [0.15, 0.2) is 0 Å². The topological polar surface area (TPSA) is 114 Å². The lowest BCUT2D eigenvalue weighted by molar-refractivity contribution is 0.0697. The van der Waals surface area contributed by atoms with Crippen LogP contribution in [0, 0.1) is 0 Å². The fourth-order valence-electron chi connectivity index (χ4n) is 1.70. The van der Waals surface area contributed by atoms with E-state index in [1.165, 1.54) is 18.4 Å². The van der Waals surface area contributed by atoms with Crippen molar-refractivity contribution in [1.29, 1.82) is 0 Å². The van der Waals surface area contributed by atoms with Gasteiger partial charge in [0, 0.05) is 11.8 Å². The van der Waals surface area contributed by atoms with E-state index in [2.05, 4.69) is 0 Å². The Morgan fingerprint density at radius 1 is 1.38 bits per heavy atom. The molecule has 0 amide bonds. The van der Waals surface area contributed by atoms with Crippen LogP contribution in [0.15, 0.2) is 45.9 Å². The van der Waals surface area contributed by atoms with Gasteiger partial charge in [0.1, 0.15) is 5.76 Å². The number of carboxylic acids is 1. The van der Waals surface area contributed by atoms with Crippen LogP contribution in [0.3, 0.4) is 0 Å². The number of sulfonamides is 1. The summed E-state index contributed by atoms with van der Waals surface area (Å²) >= 11 is 6.04. The van der Waals surface area contributed by atoms with Gasteiger partial charge in [0.05, 0.1) is 29.0 Å². The number of hydrogen-bond acceptors (Lipinski definition) is 5. The van der Waals surface area contributed by atoms with Crippen molar-refractivity contribution in [3.63, 3.8) is 0 Å². The number of anilines is 1. The highest BCUT2D eigenvalue weighted by Crippen LogP contribution is 2.27. The van der Waals surface area contributed by atoms with E-state index in [0.29, 0.717) is 5.76 Å². The van der Waals surface area contributed by atoms with E-state index >= 15 is 0 Å². The highest BCUT2D eigenvalue weighted by atomic mass is 35.5. The molecule has 0 spiro atoms. The summed E-state index contributed by atoms with van der Waals surface area (Å²) in [5.74, 6) is -0.794. The lowest BCUT2D eigenvalue weighted by Crippen LogP contribution is -2.17. The third-order valence-corrected chi connectivity index (χ3v) is 3.88. The molecule has 112 valence electrons. The zero-order chi connectivity index (χ0) is 15.6. The smallest absolute Gasteiger partial charge is 0.337 e. The third kappa shape index (κ3) is 3.54. The van der Waals surface area contributed by atoms with E-state index in [4.69, 9.17) is 21.3 Å². The molecule has 2 aromatic rings. The molecule has 0 bridgehead atoms. The molecule has 2 rings (SSSR count). The number of carboxylic acid groups (broad SMARTS) is 1. The average molecular weight is 331 g/mol. The highest BCUT2D eigenvalue weighted by Gasteiger charge is 2.19. The van der Waals surface area contributed by atoms with Crippen LogP contribution in [-0.4, -0.2) is 19.5 Å². The minimum Gasteiger partial charge on any atom is -0.478 e. The minimum atomic E-state index is -3.99. The van der Waals surface area contributed by atoms with Crippen LogP contribution in [-0.2, 0) is 16.6 Å². The molecule has 1 heterocycles. The molecule has 0 unspecified atom stereocenters. The molecule has 0 atom stereocenters. The van der Waals surface area contributed by atoms with Gasteiger partial charge in [-0.25, -0.2) is 18.4 Å². The van der Waals surface area contributed by atoms with Crippen LogP contribution in [0.1, 0.15) is 16.1 Å². The Balaban J connectivity index is 2.41. The number of furan rings is 1. The van der Waals surface area contributed by atoms with Crippen LogP contribution >= 0.6 is 11.8 Å². The van der Waals surface area contributed by atoms with Gasteiger partial charge in [0.2, 0.25) is 10.0 Å². The van der Waals surface area contributed by atoms with Crippen molar-refractivity contribution in [2.75, 3.05) is 4.42 Å². The second-order valence-electron chi connectivity index (χ2n) is 4.13. The van der Waals surface area contributed by atoms with Gasteiger partial charge >= 0.3 is 5.97 Å². The van der Waals surface area contributed by atoms with Crippen LogP contribution < -0.4 is 9.56 Å². The van der Waals surface area contributed by atoms with E-state index in [0.717, 1.165) is 10.5 Å². The van der Waals surface area contributed by atoms with Crippen LogP contribution in [0.5, 0.6) is 0 Å². The highest BCUT2D eigenvalue weighted by molar-refractivity contribution is 7.89. The molecule has 0 aliphatic rings. The SMILES string of the molecule is NS(=O)(=O)c1ccc(N(Cl)Cc2ccco2)c(C(=O)O)c1. The second kappa shape index (κ2) is 5.76. The summed E-state index contributed by atoms with van der Waals surface area (Å²) in [4.78, 5) is 11.0. The predicted octanol–water partition coefficient (Wildman–Crippen LogP) is 1.79. The fraction of sp³-hybridized carbons (Fsp3) is 0.0833. The van der Waals surface area contributed by atoms with Gasteiger partial charge in [-0.1, -0.05) is 0 Å². The summed E-state index contributed by atoms with van der Waals surface area (Å²) in [6.45, 7) is 0.115. The first-order valence-corrected chi connectivity index (χ1v) is 7.53. The molecule has 0 fully saturated rings. The molecule has 7 nitrogen and oxygen atoms in total. The summed E-state index contributed by atoms with van der Waals surface area (Å²) in [6, 6.07) is 6.77. The second-order valence-corrected chi connectivity index (χ2v) is 6.10. The summed E-state index contributed by atoms with van der Waals surface area (Å²) < 4.78 is 28.8. The van der Waals surface area contributed by atoms with E-state index in [1.807, 2.05) is 0 Å². The van der Waals surface area contributed by atoms with Crippen molar-refractivity contribution >= 4 is 33.5 Å². The number of rotatable bonds is 5. The summed E-state index contributed by atoms with van der Waals surface area (Å²) in [5.41, 5.74) is -0.143. The molecule has 1 aromatic heterocycles. The number of halogens is 1. The third-order valence-electron chi connectivity index (χ3n) is 2.66. The predicted molar refractivity (Wildman–Crippen MR) is 75.5 cm³/mol. The van der Waals surface area contributed by atoms with E-state index in [1.54, 1.807) is 12.1 Å². The van der Waals surface area contributed by atoms with Gasteiger partial charge in [-0.05, 0) is 30.3 Å². The lowest BCUT2D eigenvalue weighted by atomic mass is 10.2. The number of aromatic carboxylic acids is 1. The monoisotopic (exact) mass is 330 g/mol. The van der Waals surface area contributed by atoms with Crippen molar-refractivity contribution in [3.8, 4) is 0 Å². The fourth-order valence-corrected chi connectivity index (χ4v) is 2.50. The molecule has 9 heteroatoms. The quantitative estimate of drug-likeness (QED) is 0.808. The summed E-state index contributed by atoms with van der Waals surface area (Å²) in [7, 11) is -3.99. The van der Waals surface area contributed by atoms with Crippen LogP contribution in [0.2, 0.25) is 0 Å². The molecule has 21 heavy (non-hydrogen) atoms. The standard InChI is InChI=1S/C12H11ClN2O5S/c13-15(7-8-2-1-5-20-8)11-4-3-9(21(14,18)19)6-10(11)12(16)17/h1-6H,7H2,(H,16,17)(H2,14,18,19). The largest absolute Gasteiger partial charge is 0.478 e. The Morgan fingerprint density at radius 2 is 2.10 bits per heavy atom. The molecule has 0 saturated heterocycles. The molecule has 1 aromatic carbocycles. The van der Waals surface area contributed by atoms with Gasteiger partial charge in [-0.15, -0.1) is 0 Å². The Labute approximate surface area is 125 Å². The van der Waals surface area contributed by atoms with Crippen molar-refractivity contribution in [3.05, 3.63) is 47.9 Å². The van der Waals surface area contributed by atoms with Crippen molar-refractivity contribution in [2.45, 2.75) is 11.4 Å². The Bertz CT molecular complexity index is 758. The van der Waals surface area contributed by atoms with E-state index in [-0.39, 0.29) is 22.7 Å². The minimum absolute atomic E-state index is 0.115. The number of nitrogens with zero attached hydrogens (tertiary/aromatic N) is 1. The van der Waals surface area contributed by atoms with Crippen LogP contribution in [0.25, 0.3) is 0 Å². The summed E-state index contributed by atoms with van der Waals surface area (Å²) in [6.07, 6.45) is 1.46. The van der Waals surface area contributed by atoms with Crippen molar-refractivity contribution in [2.24, 2.45) is 5.14 Å². The molecule has 0 aliphatic carbocycles. The number of primary sulfonamides is 1. The average Bonchev–Trinajstić information content (AvgIpc) is 2.89. The first-order valence-electron chi connectivity index (χ1n) is 5.65. The van der Waals surface area contributed by atoms with Gasteiger partial charge in [-0.3, -0.25) is 4.42 Å². The van der Waals surface area contributed by atoms with Gasteiger partial charge in [0.25, 0.3) is 0 Å². The number of benzene rings is 1. The van der Waals surface area contributed by atoms with E-state index < -0.39 is 16.0 Å². The van der Waals surface area contributed by atoms with Crippen molar-refractivity contribution < 1.29 is 22.7 Å². The van der Waals surface area contributed by atoms with Crippen LogP contribution in [0.4, 0.5) is 5.69 Å². The molecule has 0 radical (unpaired) electrons. The first-order chi connectivity index (χ1) is 9.79. The maximum atomic E-state index is 11.3. The number of hydrogen-bond donors (Lipinski definition) is 2. The molecule has 0 aliphatic heterocycles. The van der Waals surface area contributed by atoms with Gasteiger partial charge in [-0.2, -0.15) is 0 Å². The van der Waals surface area contributed by atoms with E-state index in [9.17, 15) is 18.3 Å². The van der Waals surface area contributed by atoms with Crippen molar-refractivity contribution in [1.82, 2.24) is 0 Å². The Kier molecular flexibility index (Phi) is 4.21. The zero-order valence-corrected chi connectivity index (χ0v) is 12.1. The maximum absolute atomic E-state index is 11.3. The number of carbonyl (C=O) groups is 1. The molecule has 3 N–H and O–H groups in total. The van der Waals surface area contributed by atoms with Gasteiger partial charge < -0.3 is 9.52 Å². The maximum Gasteiger partial charge on any atom is 0.337 e. The molecular weight excluding hydrogens is 320 g/mol.